The van der Waals surface area contributed by atoms with Crippen LogP contribution < -0.4 is 0 Å². The monoisotopic (exact) mass is 270 g/mol. The van der Waals surface area contributed by atoms with Gasteiger partial charge >= 0.3 is 5.97 Å². The summed E-state index contributed by atoms with van der Waals surface area (Å²) in [5, 5.41) is 20.0. The summed E-state index contributed by atoms with van der Waals surface area (Å²) < 4.78 is 0. The van der Waals surface area contributed by atoms with Gasteiger partial charge in [-0.25, -0.2) is 0 Å². The van der Waals surface area contributed by atoms with E-state index in [1.807, 2.05) is 24.3 Å². The Labute approximate surface area is 117 Å². The maximum absolute atomic E-state index is 12.0. The van der Waals surface area contributed by atoms with Crippen molar-refractivity contribution in [2.45, 2.75) is 43.9 Å². The van der Waals surface area contributed by atoms with Crippen LogP contribution in [-0.4, -0.2) is 21.3 Å². The van der Waals surface area contributed by atoms with Gasteiger partial charge in [-0.15, -0.1) is 0 Å². The van der Waals surface area contributed by atoms with Crippen LogP contribution >= 0.6 is 0 Å². The summed E-state index contributed by atoms with van der Waals surface area (Å²) in [6.45, 7) is 0. The Morgan fingerprint density at radius 2 is 1.80 bits per heavy atom. The summed E-state index contributed by atoms with van der Waals surface area (Å²) in [4.78, 5) is 12.0. The van der Waals surface area contributed by atoms with E-state index in [1.165, 1.54) is 0 Å². The average Bonchev–Trinajstić information content (AvgIpc) is 2.73. The van der Waals surface area contributed by atoms with E-state index in [2.05, 4.69) is 10.2 Å². The number of rotatable bonds is 2. The molecule has 1 aliphatic rings. The maximum Gasteiger partial charge on any atom is 0.315 e. The highest BCUT2D eigenvalue weighted by Crippen LogP contribution is 2.40. The molecule has 4 heteroatoms. The highest BCUT2D eigenvalue weighted by Gasteiger charge is 2.43. The molecule has 1 aromatic heterocycles. The lowest BCUT2D eigenvalue weighted by Gasteiger charge is -2.27. The normalized spacial score (nSPS) is 18.6. The van der Waals surface area contributed by atoms with Gasteiger partial charge in [-0.05, 0) is 12.8 Å². The first-order chi connectivity index (χ1) is 9.74. The van der Waals surface area contributed by atoms with E-state index in [9.17, 15) is 9.90 Å². The van der Waals surface area contributed by atoms with E-state index in [1.54, 1.807) is 6.20 Å². The Kier molecular flexibility index (Phi) is 3.38. The number of benzene rings is 1. The quantitative estimate of drug-likeness (QED) is 0.850. The number of fused-ring (bicyclic) bond motifs is 1. The number of hydrogen-bond acceptors (Lipinski definition) is 3. The minimum Gasteiger partial charge on any atom is -0.481 e. The van der Waals surface area contributed by atoms with E-state index in [0.29, 0.717) is 18.5 Å². The summed E-state index contributed by atoms with van der Waals surface area (Å²) in [5.74, 6) is -0.759. The van der Waals surface area contributed by atoms with Crippen LogP contribution in [-0.2, 0) is 10.2 Å². The molecular weight excluding hydrogens is 252 g/mol. The Balaban J connectivity index is 2.21. The fraction of sp³-hybridized carbons (Fsp3) is 0.438. The zero-order valence-electron chi connectivity index (χ0n) is 11.4. The molecule has 1 aliphatic carbocycles. The molecule has 0 unspecified atom stereocenters. The lowest BCUT2D eigenvalue weighted by Crippen LogP contribution is -2.36. The average molecular weight is 270 g/mol. The predicted octanol–water partition coefficient (Wildman–Crippen LogP) is 3.31. The number of nitrogens with zero attached hydrogens (tertiary/aromatic N) is 2. The van der Waals surface area contributed by atoms with Crippen molar-refractivity contribution < 1.29 is 9.90 Å². The smallest absolute Gasteiger partial charge is 0.315 e. The van der Waals surface area contributed by atoms with Gasteiger partial charge < -0.3 is 5.11 Å². The molecule has 0 atom stereocenters. The van der Waals surface area contributed by atoms with Crippen molar-refractivity contribution in [3.63, 3.8) is 0 Å². The predicted molar refractivity (Wildman–Crippen MR) is 76.6 cm³/mol. The fourth-order valence-corrected chi connectivity index (χ4v) is 3.27. The summed E-state index contributed by atoms with van der Waals surface area (Å²) >= 11 is 0. The Hall–Kier alpha value is -1.97. The van der Waals surface area contributed by atoms with Crippen molar-refractivity contribution in [2.24, 2.45) is 0 Å². The Morgan fingerprint density at radius 1 is 1.10 bits per heavy atom. The van der Waals surface area contributed by atoms with Gasteiger partial charge in [0.2, 0.25) is 0 Å². The minimum absolute atomic E-state index is 0.644. The Morgan fingerprint density at radius 3 is 2.50 bits per heavy atom. The molecule has 20 heavy (non-hydrogen) atoms. The van der Waals surface area contributed by atoms with Crippen molar-refractivity contribution in [2.75, 3.05) is 0 Å². The molecule has 3 rings (SSSR count). The number of hydrogen-bond donors (Lipinski definition) is 1. The molecule has 104 valence electrons. The third-order valence-corrected chi connectivity index (χ3v) is 4.39. The highest BCUT2D eigenvalue weighted by molar-refractivity contribution is 5.91. The largest absolute Gasteiger partial charge is 0.481 e. The number of aromatic nitrogens is 2. The molecule has 1 fully saturated rings. The van der Waals surface area contributed by atoms with Crippen LogP contribution in [0.25, 0.3) is 10.8 Å². The van der Waals surface area contributed by atoms with Crippen LogP contribution in [0.15, 0.2) is 30.5 Å². The number of carboxylic acid groups (broad SMARTS) is 1. The molecule has 2 aromatic rings. The van der Waals surface area contributed by atoms with Crippen LogP contribution in [0.2, 0.25) is 0 Å². The van der Waals surface area contributed by atoms with Crippen LogP contribution in [0, 0.1) is 0 Å². The molecule has 1 saturated carbocycles. The van der Waals surface area contributed by atoms with Gasteiger partial charge in [0, 0.05) is 10.8 Å². The van der Waals surface area contributed by atoms with Gasteiger partial charge in [-0.3, -0.25) is 4.79 Å². The van der Waals surface area contributed by atoms with Gasteiger partial charge in [0.05, 0.1) is 11.9 Å². The van der Waals surface area contributed by atoms with E-state index >= 15 is 0 Å². The van der Waals surface area contributed by atoms with E-state index in [4.69, 9.17) is 0 Å². The zero-order chi connectivity index (χ0) is 14.0. The molecule has 0 aliphatic heterocycles. The minimum atomic E-state index is -0.871. The lowest BCUT2D eigenvalue weighted by molar-refractivity contribution is -0.144. The third-order valence-electron chi connectivity index (χ3n) is 4.39. The first-order valence-corrected chi connectivity index (χ1v) is 7.18. The number of carboxylic acids is 1. The van der Waals surface area contributed by atoms with Crippen LogP contribution in [0.1, 0.15) is 44.2 Å². The van der Waals surface area contributed by atoms with E-state index in [0.717, 1.165) is 36.5 Å². The summed E-state index contributed by atoms with van der Waals surface area (Å²) in [6.07, 6.45) is 7.11. The standard InChI is InChI=1S/C16H18N2O2/c19-15(20)16(9-5-1-2-6-10-16)14-13-8-4-3-7-12(13)11-17-18-14/h3-4,7-8,11H,1-2,5-6,9-10H2,(H,19,20). The van der Waals surface area contributed by atoms with Crippen LogP contribution in [0.3, 0.4) is 0 Å². The molecule has 0 bridgehead atoms. The van der Waals surface area contributed by atoms with Gasteiger partial charge in [0.1, 0.15) is 5.41 Å². The topological polar surface area (TPSA) is 63.1 Å². The van der Waals surface area contributed by atoms with Gasteiger partial charge in [0.25, 0.3) is 0 Å². The molecule has 0 saturated heterocycles. The van der Waals surface area contributed by atoms with Crippen molar-refractivity contribution in [1.29, 1.82) is 0 Å². The number of aliphatic carboxylic acids is 1. The second-order valence-electron chi connectivity index (χ2n) is 5.58. The molecule has 0 spiro atoms. The fourth-order valence-electron chi connectivity index (χ4n) is 3.27. The first-order valence-electron chi connectivity index (χ1n) is 7.18. The number of carbonyl (C=O) groups is 1. The summed E-state index contributed by atoms with van der Waals surface area (Å²) in [7, 11) is 0. The maximum atomic E-state index is 12.0. The second kappa shape index (κ2) is 5.19. The van der Waals surface area contributed by atoms with Gasteiger partial charge in [-0.2, -0.15) is 10.2 Å². The molecule has 1 aromatic carbocycles. The first kappa shape index (κ1) is 13.0. The summed E-state index contributed by atoms with van der Waals surface area (Å²) in [6, 6.07) is 7.78. The third kappa shape index (κ3) is 2.05. The lowest BCUT2D eigenvalue weighted by atomic mass is 9.76. The van der Waals surface area contributed by atoms with Crippen molar-refractivity contribution in [3.8, 4) is 0 Å². The van der Waals surface area contributed by atoms with Gasteiger partial charge in [-0.1, -0.05) is 49.9 Å². The van der Waals surface area contributed by atoms with E-state index in [-0.39, 0.29) is 0 Å². The van der Waals surface area contributed by atoms with Gasteiger partial charge in [0.15, 0.2) is 0 Å². The van der Waals surface area contributed by atoms with Crippen LogP contribution in [0.4, 0.5) is 0 Å². The zero-order valence-corrected chi connectivity index (χ0v) is 11.4. The van der Waals surface area contributed by atoms with Crippen LogP contribution in [0.5, 0.6) is 0 Å². The van der Waals surface area contributed by atoms with Crippen molar-refractivity contribution >= 4 is 16.7 Å². The summed E-state index contributed by atoms with van der Waals surface area (Å²) in [5.41, 5.74) is -0.227. The molecule has 1 N–H and O–H groups in total. The molecule has 1 heterocycles. The van der Waals surface area contributed by atoms with Crippen molar-refractivity contribution in [3.05, 3.63) is 36.2 Å². The second-order valence-corrected chi connectivity index (χ2v) is 5.58. The molecular formula is C16H18N2O2. The SMILES string of the molecule is O=C(O)C1(c2nncc3ccccc23)CCCCCC1. The van der Waals surface area contributed by atoms with E-state index < -0.39 is 11.4 Å². The Bertz CT molecular complexity index is 626. The molecule has 0 radical (unpaired) electrons. The molecule has 4 nitrogen and oxygen atoms in total. The van der Waals surface area contributed by atoms with Crippen molar-refractivity contribution in [1.82, 2.24) is 10.2 Å². The highest BCUT2D eigenvalue weighted by atomic mass is 16.4. The molecule has 0 amide bonds.